The first kappa shape index (κ1) is 19.6. The number of carbonyl (C=O) groups is 1. The van der Waals surface area contributed by atoms with Crippen molar-refractivity contribution in [1.82, 2.24) is 9.88 Å². The fourth-order valence-electron chi connectivity index (χ4n) is 3.09. The van der Waals surface area contributed by atoms with Gasteiger partial charge in [0.05, 0.1) is 18.8 Å². The maximum Gasteiger partial charge on any atom is 0.240 e. The third-order valence-corrected chi connectivity index (χ3v) is 5.55. The smallest absolute Gasteiger partial charge is 0.240 e. The average Bonchev–Trinajstić information content (AvgIpc) is 2.96. The van der Waals surface area contributed by atoms with Gasteiger partial charge in [0, 0.05) is 40.6 Å². The van der Waals surface area contributed by atoms with Crippen molar-refractivity contribution < 1.29 is 9.53 Å². The van der Waals surface area contributed by atoms with E-state index in [1.807, 2.05) is 19.9 Å². The monoisotopic (exact) mass is 413 g/mol. The zero-order chi connectivity index (χ0) is 18.7. The van der Waals surface area contributed by atoms with Gasteiger partial charge in [0.1, 0.15) is 0 Å². The molecule has 1 saturated heterocycles. The van der Waals surface area contributed by atoms with Crippen LogP contribution in [0.5, 0.6) is 0 Å². The fourth-order valence-corrected chi connectivity index (χ4v) is 4.32. The maximum atomic E-state index is 12.3. The molecule has 1 amide bonds. The number of anilines is 1. The van der Waals surface area contributed by atoms with E-state index < -0.39 is 0 Å². The Morgan fingerprint density at radius 2 is 2.08 bits per heavy atom. The van der Waals surface area contributed by atoms with Crippen LogP contribution in [0.15, 0.2) is 24.4 Å². The first-order valence-corrected chi connectivity index (χ1v) is 10.0. The molecule has 26 heavy (non-hydrogen) atoms. The number of aromatic nitrogens is 1. The molecule has 1 aromatic carbocycles. The first-order chi connectivity index (χ1) is 12.4. The minimum Gasteiger partial charge on any atom is -0.373 e. The molecule has 2 aromatic rings. The Kier molecular flexibility index (Phi) is 6.53. The summed E-state index contributed by atoms with van der Waals surface area (Å²) in [7, 11) is 0. The number of ether oxygens (including phenoxy) is 1. The zero-order valence-electron chi connectivity index (χ0n) is 14.7. The van der Waals surface area contributed by atoms with Gasteiger partial charge in [0.2, 0.25) is 5.91 Å². The minimum atomic E-state index is -0.0620. The van der Waals surface area contributed by atoms with Gasteiger partial charge >= 0.3 is 0 Å². The number of halogens is 2. The number of hydrogen-bond acceptors (Lipinski definition) is 5. The number of nitrogens with zero attached hydrogens (tertiary/aromatic N) is 2. The van der Waals surface area contributed by atoms with Crippen LogP contribution in [0.1, 0.15) is 24.3 Å². The molecule has 1 fully saturated rings. The summed E-state index contributed by atoms with van der Waals surface area (Å²) in [4.78, 5) is 19.7. The highest BCUT2D eigenvalue weighted by Crippen LogP contribution is 2.27. The second-order valence-corrected chi connectivity index (χ2v) is 8.50. The van der Waals surface area contributed by atoms with E-state index in [0.29, 0.717) is 28.1 Å². The van der Waals surface area contributed by atoms with Gasteiger partial charge in [-0.25, -0.2) is 4.98 Å². The molecule has 0 saturated carbocycles. The maximum absolute atomic E-state index is 12.3. The van der Waals surface area contributed by atoms with Gasteiger partial charge in [-0.2, -0.15) is 0 Å². The second kappa shape index (κ2) is 8.67. The number of morpholine rings is 1. The summed E-state index contributed by atoms with van der Waals surface area (Å²) in [6.45, 7) is 5.90. The van der Waals surface area contributed by atoms with Crippen LogP contribution < -0.4 is 5.32 Å². The molecule has 8 heteroatoms. The van der Waals surface area contributed by atoms with E-state index in [4.69, 9.17) is 27.9 Å². The Balaban J connectivity index is 1.56. The molecule has 5 nitrogen and oxygen atoms in total. The highest BCUT2D eigenvalue weighted by molar-refractivity contribution is 7.15. The van der Waals surface area contributed by atoms with E-state index in [1.54, 1.807) is 18.3 Å². The summed E-state index contributed by atoms with van der Waals surface area (Å²) < 4.78 is 5.69. The Morgan fingerprint density at radius 1 is 1.35 bits per heavy atom. The van der Waals surface area contributed by atoms with Gasteiger partial charge in [-0.15, -0.1) is 11.3 Å². The number of rotatable bonds is 5. The van der Waals surface area contributed by atoms with Crippen molar-refractivity contribution in [2.45, 2.75) is 32.5 Å². The Hall–Kier alpha value is -1.18. The van der Waals surface area contributed by atoms with E-state index in [2.05, 4.69) is 15.2 Å². The van der Waals surface area contributed by atoms with Gasteiger partial charge in [-0.05, 0) is 37.6 Å². The Bertz CT molecular complexity index is 774. The quantitative estimate of drug-likeness (QED) is 0.801. The molecule has 0 radical (unpaired) electrons. The summed E-state index contributed by atoms with van der Waals surface area (Å²) in [6.07, 6.45) is 2.67. The topological polar surface area (TPSA) is 54.5 Å². The van der Waals surface area contributed by atoms with Gasteiger partial charge in [0.25, 0.3) is 0 Å². The van der Waals surface area contributed by atoms with Crippen LogP contribution in [0.4, 0.5) is 5.13 Å². The third kappa shape index (κ3) is 5.41. The van der Waals surface area contributed by atoms with Crippen LogP contribution in [0.2, 0.25) is 10.0 Å². The summed E-state index contributed by atoms with van der Waals surface area (Å²) in [5, 5.41) is 4.79. The van der Waals surface area contributed by atoms with Crippen LogP contribution in [-0.2, 0) is 16.0 Å². The number of nitrogens with one attached hydrogen (secondary N) is 1. The van der Waals surface area contributed by atoms with Crippen LogP contribution in [0, 0.1) is 0 Å². The first-order valence-electron chi connectivity index (χ1n) is 8.45. The van der Waals surface area contributed by atoms with Crippen LogP contribution in [-0.4, -0.2) is 47.6 Å². The lowest BCUT2D eigenvalue weighted by Gasteiger charge is -2.34. The van der Waals surface area contributed by atoms with Crippen molar-refractivity contribution in [3.05, 3.63) is 44.9 Å². The molecular weight excluding hydrogens is 393 g/mol. The van der Waals surface area contributed by atoms with E-state index in [-0.39, 0.29) is 18.1 Å². The van der Waals surface area contributed by atoms with Crippen molar-refractivity contribution in [3.8, 4) is 0 Å². The summed E-state index contributed by atoms with van der Waals surface area (Å²) in [6, 6.07) is 5.40. The summed E-state index contributed by atoms with van der Waals surface area (Å²) >= 11 is 13.7. The van der Waals surface area contributed by atoms with E-state index in [0.717, 1.165) is 23.5 Å². The standard InChI is InChI=1S/C18H21Cl2N3O2S/c1-11-8-23(9-12(2)25-11)10-17(24)22-18-21-7-15(26-18)6-13-5-14(19)3-4-16(13)20/h3-5,7,11-12H,6,8-10H2,1-2H3,(H,21,22,24)/t11-,12-/m0/s1. The second-order valence-electron chi connectivity index (χ2n) is 6.54. The number of carbonyl (C=O) groups excluding carboxylic acids is 1. The van der Waals surface area contributed by atoms with Crippen molar-refractivity contribution >= 4 is 45.6 Å². The van der Waals surface area contributed by atoms with E-state index in [9.17, 15) is 4.79 Å². The highest BCUT2D eigenvalue weighted by atomic mass is 35.5. The SMILES string of the molecule is C[C@H]1CN(CC(=O)Nc2ncc(Cc3cc(Cl)ccc3Cl)s2)C[C@H](C)O1. The molecule has 0 spiro atoms. The molecule has 0 unspecified atom stereocenters. The van der Waals surface area contributed by atoms with Gasteiger partial charge in [-0.1, -0.05) is 23.2 Å². The zero-order valence-corrected chi connectivity index (χ0v) is 17.0. The van der Waals surface area contributed by atoms with Gasteiger partial charge in [0.15, 0.2) is 5.13 Å². The third-order valence-electron chi connectivity index (χ3n) is 4.03. The molecule has 0 bridgehead atoms. The molecule has 2 heterocycles. The number of amides is 1. The number of benzene rings is 1. The van der Waals surface area contributed by atoms with Crippen molar-refractivity contribution in [1.29, 1.82) is 0 Å². The average molecular weight is 414 g/mol. The lowest BCUT2D eigenvalue weighted by molar-refractivity contribution is -0.121. The van der Waals surface area contributed by atoms with Crippen molar-refractivity contribution in [2.24, 2.45) is 0 Å². The lowest BCUT2D eigenvalue weighted by atomic mass is 10.1. The molecule has 140 valence electrons. The number of thiazole rings is 1. The normalized spacial score (nSPS) is 20.9. The lowest BCUT2D eigenvalue weighted by Crippen LogP contribution is -2.48. The highest BCUT2D eigenvalue weighted by Gasteiger charge is 2.23. The predicted molar refractivity (Wildman–Crippen MR) is 106 cm³/mol. The van der Waals surface area contributed by atoms with E-state index >= 15 is 0 Å². The fraction of sp³-hybridized carbons (Fsp3) is 0.444. The van der Waals surface area contributed by atoms with Gasteiger partial charge < -0.3 is 10.1 Å². The molecule has 1 aliphatic rings. The molecule has 3 rings (SSSR count). The van der Waals surface area contributed by atoms with Crippen LogP contribution in [0.3, 0.4) is 0 Å². The molecule has 1 aliphatic heterocycles. The van der Waals surface area contributed by atoms with Crippen molar-refractivity contribution in [2.75, 3.05) is 25.0 Å². The number of hydrogen-bond donors (Lipinski definition) is 1. The van der Waals surface area contributed by atoms with Gasteiger partial charge in [-0.3, -0.25) is 9.69 Å². The molecule has 2 atom stereocenters. The largest absolute Gasteiger partial charge is 0.373 e. The molecular formula is C18H21Cl2N3O2S. The Morgan fingerprint density at radius 3 is 2.81 bits per heavy atom. The molecule has 0 aliphatic carbocycles. The molecule has 1 aromatic heterocycles. The summed E-state index contributed by atoms with van der Waals surface area (Å²) in [5.74, 6) is -0.0620. The molecule has 1 N–H and O–H groups in total. The summed E-state index contributed by atoms with van der Waals surface area (Å²) in [5.41, 5.74) is 0.942. The van der Waals surface area contributed by atoms with Crippen LogP contribution >= 0.6 is 34.5 Å². The van der Waals surface area contributed by atoms with Crippen LogP contribution in [0.25, 0.3) is 0 Å². The van der Waals surface area contributed by atoms with E-state index in [1.165, 1.54) is 11.3 Å². The van der Waals surface area contributed by atoms with Crippen molar-refractivity contribution in [3.63, 3.8) is 0 Å². The minimum absolute atomic E-state index is 0.0620. The Labute approximate surface area is 167 Å². The predicted octanol–water partition coefficient (Wildman–Crippen LogP) is 4.09.